The Morgan fingerprint density at radius 1 is 1.29 bits per heavy atom. The molecule has 2 aliphatic heterocycles. The van der Waals surface area contributed by atoms with Crippen LogP contribution < -0.4 is 5.32 Å². The van der Waals surface area contributed by atoms with Gasteiger partial charge in [0.25, 0.3) is 0 Å². The lowest BCUT2D eigenvalue weighted by molar-refractivity contribution is 0.119. The van der Waals surface area contributed by atoms with Gasteiger partial charge in [0.2, 0.25) is 0 Å². The minimum Gasteiger partial charge on any atom is -0.311 e. The summed E-state index contributed by atoms with van der Waals surface area (Å²) in [6.07, 6.45) is 7.16. The lowest BCUT2D eigenvalue weighted by Crippen LogP contribution is -2.58. The maximum absolute atomic E-state index is 3.79. The third kappa shape index (κ3) is 2.99. The van der Waals surface area contributed by atoms with Gasteiger partial charge in [-0.05, 0) is 43.8 Å². The van der Waals surface area contributed by atoms with Gasteiger partial charge < -0.3 is 5.32 Å². The van der Waals surface area contributed by atoms with Crippen molar-refractivity contribution < 1.29 is 0 Å². The molecule has 0 aromatic rings. The van der Waals surface area contributed by atoms with E-state index in [4.69, 9.17) is 0 Å². The first-order chi connectivity index (χ1) is 8.36. The molecule has 0 aromatic heterocycles. The number of thioether (sulfide) groups is 1. The van der Waals surface area contributed by atoms with Crippen molar-refractivity contribution in [2.75, 3.05) is 25.4 Å². The molecule has 0 aromatic carbocycles. The molecular formula is C14H26N2S. The fourth-order valence-electron chi connectivity index (χ4n) is 3.37. The predicted molar refractivity (Wildman–Crippen MR) is 75.6 cm³/mol. The lowest BCUT2D eigenvalue weighted by Gasteiger charge is -2.41. The number of hydrogen-bond acceptors (Lipinski definition) is 3. The summed E-state index contributed by atoms with van der Waals surface area (Å²) in [7, 11) is 0. The molecule has 17 heavy (non-hydrogen) atoms. The topological polar surface area (TPSA) is 15.3 Å². The average Bonchev–Trinajstić information content (AvgIpc) is 3.09. The van der Waals surface area contributed by atoms with Crippen LogP contribution in [-0.4, -0.2) is 47.6 Å². The molecule has 1 N–H and O–H groups in total. The first-order valence-electron chi connectivity index (χ1n) is 7.46. The largest absolute Gasteiger partial charge is 0.311 e. The summed E-state index contributed by atoms with van der Waals surface area (Å²) in [5.41, 5.74) is 0. The van der Waals surface area contributed by atoms with Gasteiger partial charge in [-0.25, -0.2) is 0 Å². The second kappa shape index (κ2) is 5.50. The maximum atomic E-state index is 3.79. The summed E-state index contributed by atoms with van der Waals surface area (Å²) < 4.78 is 0. The van der Waals surface area contributed by atoms with Gasteiger partial charge in [0.05, 0.1) is 0 Å². The first kappa shape index (κ1) is 12.3. The first-order valence-corrected chi connectivity index (χ1v) is 8.50. The SMILES string of the molecule is CCC1CNC(C2CC2)CN1CC1CCCS1. The van der Waals surface area contributed by atoms with E-state index in [2.05, 4.69) is 28.9 Å². The van der Waals surface area contributed by atoms with Crippen LogP contribution in [0.25, 0.3) is 0 Å². The van der Waals surface area contributed by atoms with Crippen LogP contribution in [0.3, 0.4) is 0 Å². The molecule has 3 aliphatic rings. The fraction of sp³-hybridized carbons (Fsp3) is 1.00. The highest BCUT2D eigenvalue weighted by molar-refractivity contribution is 8.00. The van der Waals surface area contributed by atoms with Crippen LogP contribution in [0, 0.1) is 5.92 Å². The second-order valence-corrected chi connectivity index (χ2v) is 7.41. The summed E-state index contributed by atoms with van der Waals surface area (Å²) in [6, 6.07) is 1.61. The normalized spacial score (nSPS) is 39.7. The molecule has 2 heterocycles. The highest BCUT2D eigenvalue weighted by Gasteiger charge is 2.37. The fourth-order valence-corrected chi connectivity index (χ4v) is 4.67. The Labute approximate surface area is 110 Å². The van der Waals surface area contributed by atoms with E-state index in [-0.39, 0.29) is 0 Å². The van der Waals surface area contributed by atoms with Gasteiger partial charge in [-0.15, -0.1) is 0 Å². The monoisotopic (exact) mass is 254 g/mol. The van der Waals surface area contributed by atoms with Gasteiger partial charge in [0, 0.05) is 37.0 Å². The van der Waals surface area contributed by atoms with E-state index < -0.39 is 0 Å². The molecule has 2 nitrogen and oxygen atoms in total. The highest BCUT2D eigenvalue weighted by atomic mass is 32.2. The lowest BCUT2D eigenvalue weighted by atomic mass is 10.0. The minimum atomic E-state index is 0.797. The third-order valence-electron chi connectivity index (χ3n) is 4.69. The number of hydrogen-bond donors (Lipinski definition) is 1. The second-order valence-electron chi connectivity index (χ2n) is 6.00. The predicted octanol–water partition coefficient (Wildman–Crippen LogP) is 2.34. The molecule has 98 valence electrons. The molecule has 3 heteroatoms. The molecule has 1 saturated carbocycles. The molecule has 2 saturated heterocycles. The number of nitrogens with one attached hydrogen (secondary N) is 1. The van der Waals surface area contributed by atoms with Crippen molar-refractivity contribution in [1.82, 2.24) is 10.2 Å². The van der Waals surface area contributed by atoms with Crippen LogP contribution >= 0.6 is 11.8 Å². The molecule has 3 atom stereocenters. The van der Waals surface area contributed by atoms with Gasteiger partial charge in [0.15, 0.2) is 0 Å². The number of rotatable bonds is 4. The Morgan fingerprint density at radius 3 is 2.82 bits per heavy atom. The van der Waals surface area contributed by atoms with Crippen molar-refractivity contribution in [3.05, 3.63) is 0 Å². The van der Waals surface area contributed by atoms with Crippen LogP contribution in [0.4, 0.5) is 0 Å². The van der Waals surface area contributed by atoms with E-state index >= 15 is 0 Å². The van der Waals surface area contributed by atoms with E-state index in [1.807, 2.05) is 0 Å². The Bertz CT molecular complexity index is 247. The Hall–Kier alpha value is 0.270. The maximum Gasteiger partial charge on any atom is 0.0224 e. The molecule has 1 aliphatic carbocycles. The van der Waals surface area contributed by atoms with Crippen LogP contribution in [-0.2, 0) is 0 Å². The molecule has 3 fully saturated rings. The zero-order valence-electron chi connectivity index (χ0n) is 11.0. The summed E-state index contributed by atoms with van der Waals surface area (Å²) >= 11 is 2.21. The van der Waals surface area contributed by atoms with E-state index in [9.17, 15) is 0 Å². The number of piperazine rings is 1. The van der Waals surface area contributed by atoms with E-state index in [0.717, 1.165) is 23.3 Å². The highest BCUT2D eigenvalue weighted by Crippen LogP contribution is 2.35. The molecule has 0 radical (unpaired) electrons. The zero-order chi connectivity index (χ0) is 11.7. The standard InChI is InChI=1S/C14H26N2S/c1-2-12-8-15-14(11-5-6-11)10-16(12)9-13-4-3-7-17-13/h11-15H,2-10H2,1H3. The molecule has 0 spiro atoms. The molecule has 0 amide bonds. The van der Waals surface area contributed by atoms with Gasteiger partial charge in [-0.3, -0.25) is 4.90 Å². The van der Waals surface area contributed by atoms with Crippen LogP contribution in [0.5, 0.6) is 0 Å². The summed E-state index contributed by atoms with van der Waals surface area (Å²) in [5, 5.41) is 4.72. The Morgan fingerprint density at radius 2 is 2.18 bits per heavy atom. The van der Waals surface area contributed by atoms with E-state index in [0.29, 0.717) is 0 Å². The van der Waals surface area contributed by atoms with Gasteiger partial charge >= 0.3 is 0 Å². The summed E-state index contributed by atoms with van der Waals surface area (Å²) in [6.45, 7) is 6.25. The van der Waals surface area contributed by atoms with Gasteiger partial charge in [-0.1, -0.05) is 6.92 Å². The van der Waals surface area contributed by atoms with Crippen molar-refractivity contribution in [2.45, 2.75) is 56.4 Å². The summed E-state index contributed by atoms with van der Waals surface area (Å²) in [5.74, 6) is 2.41. The van der Waals surface area contributed by atoms with Crippen molar-refractivity contribution in [3.63, 3.8) is 0 Å². The van der Waals surface area contributed by atoms with Gasteiger partial charge in [0.1, 0.15) is 0 Å². The van der Waals surface area contributed by atoms with Crippen molar-refractivity contribution in [3.8, 4) is 0 Å². The molecule has 3 rings (SSSR count). The summed E-state index contributed by atoms with van der Waals surface area (Å²) in [4.78, 5) is 2.81. The smallest absolute Gasteiger partial charge is 0.0224 e. The van der Waals surface area contributed by atoms with Crippen molar-refractivity contribution in [2.24, 2.45) is 5.92 Å². The van der Waals surface area contributed by atoms with E-state index in [1.54, 1.807) is 0 Å². The third-order valence-corrected chi connectivity index (χ3v) is 6.07. The van der Waals surface area contributed by atoms with Gasteiger partial charge in [-0.2, -0.15) is 11.8 Å². The zero-order valence-corrected chi connectivity index (χ0v) is 11.8. The minimum absolute atomic E-state index is 0.797. The van der Waals surface area contributed by atoms with Crippen molar-refractivity contribution >= 4 is 11.8 Å². The molecule has 0 bridgehead atoms. The Kier molecular flexibility index (Phi) is 3.98. The number of nitrogens with zero attached hydrogens (tertiary/aromatic N) is 1. The van der Waals surface area contributed by atoms with Crippen LogP contribution in [0.1, 0.15) is 39.0 Å². The average molecular weight is 254 g/mol. The quantitative estimate of drug-likeness (QED) is 0.829. The van der Waals surface area contributed by atoms with Crippen LogP contribution in [0.2, 0.25) is 0 Å². The molecular weight excluding hydrogens is 228 g/mol. The van der Waals surface area contributed by atoms with Crippen LogP contribution in [0.15, 0.2) is 0 Å². The molecule has 3 unspecified atom stereocenters. The Balaban J connectivity index is 1.56. The van der Waals surface area contributed by atoms with E-state index in [1.165, 1.54) is 57.5 Å². The van der Waals surface area contributed by atoms with Crippen molar-refractivity contribution in [1.29, 1.82) is 0 Å².